The van der Waals surface area contributed by atoms with Gasteiger partial charge in [0.05, 0.1) is 18.0 Å². The van der Waals surface area contributed by atoms with E-state index < -0.39 is 5.82 Å². The highest BCUT2D eigenvalue weighted by Gasteiger charge is 2.08. The van der Waals surface area contributed by atoms with Gasteiger partial charge in [0, 0.05) is 23.6 Å². The number of thiophene rings is 1. The van der Waals surface area contributed by atoms with Crippen molar-refractivity contribution in [1.29, 1.82) is 0 Å². The van der Waals surface area contributed by atoms with Gasteiger partial charge in [0.15, 0.2) is 11.6 Å². The summed E-state index contributed by atoms with van der Waals surface area (Å²) in [5.74, 6) is -0.196. The molecule has 0 radical (unpaired) electrons. The van der Waals surface area contributed by atoms with Crippen LogP contribution >= 0.6 is 11.3 Å². The molecule has 3 nitrogen and oxygen atoms in total. The van der Waals surface area contributed by atoms with E-state index in [2.05, 4.69) is 16.8 Å². The number of hydrogen-bond acceptors (Lipinski definition) is 4. The highest BCUT2D eigenvalue weighted by atomic mass is 32.1. The van der Waals surface area contributed by atoms with E-state index in [4.69, 9.17) is 10.5 Å². The van der Waals surface area contributed by atoms with Crippen molar-refractivity contribution in [1.82, 2.24) is 0 Å². The second kappa shape index (κ2) is 6.43. The third-order valence-electron chi connectivity index (χ3n) is 2.67. The molecule has 5 heteroatoms. The Labute approximate surface area is 116 Å². The first-order valence-corrected chi connectivity index (χ1v) is 7.06. The minimum Gasteiger partial charge on any atom is -0.491 e. The lowest BCUT2D eigenvalue weighted by Gasteiger charge is -2.12. The average molecular weight is 280 g/mol. The number of nitrogens with two attached hydrogens (primary N) is 1. The molecular formula is C14H17FN2OS. The Morgan fingerprint density at radius 1 is 1.42 bits per heavy atom. The fraction of sp³-hybridized carbons (Fsp3) is 0.286. The minimum atomic E-state index is -0.428. The van der Waals surface area contributed by atoms with E-state index in [0.29, 0.717) is 18.0 Å². The molecule has 0 aliphatic heterocycles. The van der Waals surface area contributed by atoms with Crippen LogP contribution in [0.1, 0.15) is 11.8 Å². The van der Waals surface area contributed by atoms with Crippen molar-refractivity contribution in [2.24, 2.45) is 0 Å². The van der Waals surface area contributed by atoms with E-state index in [9.17, 15) is 4.39 Å². The first kappa shape index (κ1) is 13.7. The van der Waals surface area contributed by atoms with Crippen LogP contribution in [0.25, 0.3) is 0 Å². The van der Waals surface area contributed by atoms with Gasteiger partial charge in [-0.05, 0) is 24.8 Å². The van der Waals surface area contributed by atoms with Crippen molar-refractivity contribution in [3.63, 3.8) is 0 Å². The number of benzene rings is 1. The quantitative estimate of drug-likeness (QED) is 0.796. The maximum atomic E-state index is 13.5. The van der Waals surface area contributed by atoms with E-state index in [0.717, 1.165) is 13.0 Å². The molecule has 0 aliphatic rings. The van der Waals surface area contributed by atoms with Gasteiger partial charge < -0.3 is 15.8 Å². The molecule has 0 amide bonds. The Bertz CT molecular complexity index is 528. The van der Waals surface area contributed by atoms with Crippen molar-refractivity contribution in [3.05, 3.63) is 40.3 Å². The number of nitrogen functional groups attached to an aromatic ring is 1. The molecule has 2 rings (SSSR count). The Hall–Kier alpha value is -1.75. The fourth-order valence-electron chi connectivity index (χ4n) is 1.76. The maximum Gasteiger partial charge on any atom is 0.167 e. The molecule has 1 aromatic heterocycles. The summed E-state index contributed by atoms with van der Waals surface area (Å²) in [7, 11) is 0. The monoisotopic (exact) mass is 280 g/mol. The molecule has 0 spiro atoms. The molecule has 0 atom stereocenters. The summed E-state index contributed by atoms with van der Waals surface area (Å²) < 4.78 is 18.7. The van der Waals surface area contributed by atoms with Gasteiger partial charge in [-0.3, -0.25) is 0 Å². The van der Waals surface area contributed by atoms with Crippen LogP contribution in [0.5, 0.6) is 5.75 Å². The predicted molar refractivity (Wildman–Crippen MR) is 78.5 cm³/mol. The number of ether oxygens (including phenoxy) is 1. The summed E-state index contributed by atoms with van der Waals surface area (Å²) in [4.78, 5) is 1.30. The smallest absolute Gasteiger partial charge is 0.167 e. The molecule has 2 aromatic rings. The largest absolute Gasteiger partial charge is 0.491 e. The zero-order valence-corrected chi connectivity index (χ0v) is 11.6. The van der Waals surface area contributed by atoms with Gasteiger partial charge in [0.1, 0.15) is 0 Å². The van der Waals surface area contributed by atoms with Crippen molar-refractivity contribution in [2.75, 3.05) is 24.2 Å². The first-order valence-electron chi connectivity index (χ1n) is 6.18. The second-order valence-corrected chi connectivity index (χ2v) is 5.09. The number of anilines is 2. The highest BCUT2D eigenvalue weighted by Crippen LogP contribution is 2.28. The van der Waals surface area contributed by atoms with Crippen molar-refractivity contribution in [3.8, 4) is 5.75 Å². The van der Waals surface area contributed by atoms with Crippen LogP contribution < -0.4 is 15.8 Å². The van der Waals surface area contributed by atoms with Gasteiger partial charge in [-0.1, -0.05) is 6.07 Å². The number of hydrogen-bond donors (Lipinski definition) is 2. The Morgan fingerprint density at radius 2 is 2.26 bits per heavy atom. The van der Waals surface area contributed by atoms with Crippen LogP contribution in [-0.4, -0.2) is 13.2 Å². The van der Waals surface area contributed by atoms with Crippen LogP contribution in [0.2, 0.25) is 0 Å². The molecule has 102 valence electrons. The molecule has 0 saturated carbocycles. The van der Waals surface area contributed by atoms with Gasteiger partial charge in [-0.2, -0.15) is 0 Å². The summed E-state index contributed by atoms with van der Waals surface area (Å²) in [5.41, 5.74) is 6.90. The van der Waals surface area contributed by atoms with Gasteiger partial charge >= 0.3 is 0 Å². The van der Waals surface area contributed by atoms with E-state index in [1.54, 1.807) is 17.4 Å². The molecule has 1 heterocycles. The van der Waals surface area contributed by atoms with Crippen LogP contribution in [0, 0.1) is 5.82 Å². The Balaban J connectivity index is 2.00. The summed E-state index contributed by atoms with van der Waals surface area (Å²) in [6.07, 6.45) is 0.915. The number of rotatable bonds is 6. The van der Waals surface area contributed by atoms with Gasteiger partial charge in [-0.15, -0.1) is 11.3 Å². The van der Waals surface area contributed by atoms with Crippen LogP contribution in [0.3, 0.4) is 0 Å². The molecule has 1 aromatic carbocycles. The van der Waals surface area contributed by atoms with E-state index in [1.807, 2.05) is 13.0 Å². The third kappa shape index (κ3) is 3.61. The van der Waals surface area contributed by atoms with Gasteiger partial charge in [0.25, 0.3) is 0 Å². The van der Waals surface area contributed by atoms with Gasteiger partial charge in [-0.25, -0.2) is 4.39 Å². The Kier molecular flexibility index (Phi) is 4.63. The molecule has 0 bridgehead atoms. The summed E-state index contributed by atoms with van der Waals surface area (Å²) in [6.45, 7) is 3.00. The second-order valence-electron chi connectivity index (χ2n) is 4.06. The van der Waals surface area contributed by atoms with Crippen molar-refractivity contribution < 1.29 is 9.13 Å². The lowest BCUT2D eigenvalue weighted by atomic mass is 10.2. The van der Waals surface area contributed by atoms with E-state index in [-0.39, 0.29) is 5.75 Å². The summed E-state index contributed by atoms with van der Waals surface area (Å²) in [6, 6.07) is 7.02. The third-order valence-corrected chi connectivity index (χ3v) is 3.61. The molecular weight excluding hydrogens is 263 g/mol. The molecule has 3 N–H and O–H groups in total. The number of halogens is 1. The first-order chi connectivity index (χ1) is 9.20. The average Bonchev–Trinajstić information content (AvgIpc) is 2.88. The highest BCUT2D eigenvalue weighted by molar-refractivity contribution is 7.09. The standard InChI is InChI=1S/C14H17FN2OS/c1-2-18-14-9-13(12(16)8-11(14)15)17-6-5-10-4-3-7-19-10/h3-4,7-9,17H,2,5-6,16H2,1H3. The normalized spacial score (nSPS) is 10.4. The maximum absolute atomic E-state index is 13.5. The molecule has 0 unspecified atom stereocenters. The molecule has 19 heavy (non-hydrogen) atoms. The van der Waals surface area contributed by atoms with Crippen LogP contribution in [0.4, 0.5) is 15.8 Å². The Morgan fingerprint density at radius 3 is 2.95 bits per heavy atom. The lowest BCUT2D eigenvalue weighted by Crippen LogP contribution is -2.07. The predicted octanol–water partition coefficient (Wildman–Crippen LogP) is 3.52. The zero-order chi connectivity index (χ0) is 13.7. The van der Waals surface area contributed by atoms with Crippen molar-refractivity contribution >= 4 is 22.7 Å². The summed E-state index contributed by atoms with van der Waals surface area (Å²) >= 11 is 1.72. The zero-order valence-electron chi connectivity index (χ0n) is 10.8. The van der Waals surface area contributed by atoms with Crippen molar-refractivity contribution in [2.45, 2.75) is 13.3 Å². The molecule has 0 fully saturated rings. The topological polar surface area (TPSA) is 47.3 Å². The molecule has 0 aliphatic carbocycles. The van der Waals surface area contributed by atoms with Gasteiger partial charge in [0.2, 0.25) is 0 Å². The van der Waals surface area contributed by atoms with Crippen LogP contribution in [0.15, 0.2) is 29.6 Å². The summed E-state index contributed by atoms with van der Waals surface area (Å²) in [5, 5.41) is 5.26. The van der Waals surface area contributed by atoms with Crippen LogP contribution in [-0.2, 0) is 6.42 Å². The molecule has 0 saturated heterocycles. The minimum absolute atomic E-state index is 0.232. The fourth-order valence-corrected chi connectivity index (χ4v) is 2.47. The number of nitrogens with one attached hydrogen (secondary N) is 1. The SMILES string of the molecule is CCOc1cc(NCCc2cccs2)c(N)cc1F. The lowest BCUT2D eigenvalue weighted by molar-refractivity contribution is 0.322. The van der Waals surface area contributed by atoms with E-state index >= 15 is 0 Å². The van der Waals surface area contributed by atoms with E-state index in [1.165, 1.54) is 10.9 Å².